The molecule has 0 atom stereocenters. The van der Waals surface area contributed by atoms with Crippen LogP contribution in [0.3, 0.4) is 0 Å². The average molecular weight is 266 g/mol. The monoisotopic (exact) mass is 266 g/mol. The minimum atomic E-state index is -0.473. The zero-order valence-electron chi connectivity index (χ0n) is 9.50. The van der Waals surface area contributed by atoms with Crippen molar-refractivity contribution in [1.29, 1.82) is 0 Å². The number of nitrogens with one attached hydrogen (secondary N) is 1. The number of fused-ring (bicyclic) bond motifs is 1. The van der Waals surface area contributed by atoms with Gasteiger partial charge in [0.05, 0.1) is 12.0 Å². The average Bonchev–Trinajstić information content (AvgIpc) is 2.75. The highest BCUT2D eigenvalue weighted by molar-refractivity contribution is 7.23. The van der Waals surface area contributed by atoms with Crippen molar-refractivity contribution in [2.45, 2.75) is 0 Å². The number of nitro groups is 1. The summed E-state index contributed by atoms with van der Waals surface area (Å²) in [5, 5.41) is 14.5. The quantitative estimate of drug-likeness (QED) is 0.522. The van der Waals surface area contributed by atoms with Gasteiger partial charge in [-0.1, -0.05) is 29.5 Å². The van der Waals surface area contributed by atoms with Crippen molar-refractivity contribution in [3.8, 4) is 0 Å². The number of anilines is 1. The number of thiophene rings is 1. The first-order valence-corrected chi connectivity index (χ1v) is 5.91. The van der Waals surface area contributed by atoms with Crippen LogP contribution in [0.5, 0.6) is 0 Å². The van der Waals surface area contributed by atoms with E-state index in [-0.39, 0.29) is 11.5 Å². The molecule has 94 valence electrons. The molecule has 0 saturated carbocycles. The maximum atomic E-state index is 11.1. The Morgan fingerprint density at radius 1 is 1.50 bits per heavy atom. The molecule has 0 amide bonds. The van der Waals surface area contributed by atoms with Gasteiger partial charge in [0, 0.05) is 10.1 Å². The van der Waals surface area contributed by atoms with Crippen molar-refractivity contribution in [3.05, 3.63) is 34.4 Å². The predicted molar refractivity (Wildman–Crippen MR) is 69.0 cm³/mol. The molecule has 1 aromatic carbocycles. The molecule has 0 bridgehead atoms. The molecule has 6 nitrogen and oxygen atoms in total. The number of esters is 1. The van der Waals surface area contributed by atoms with Gasteiger partial charge in [0.2, 0.25) is 0 Å². The second-order valence-corrected chi connectivity index (χ2v) is 4.50. The van der Waals surface area contributed by atoms with E-state index in [4.69, 9.17) is 0 Å². The number of ether oxygens (including phenoxy) is 1. The SMILES string of the molecule is COC(=O)CNc1c([N+](=O)[O-])sc2ccccc12. The molecular formula is C11H10N2O4S. The largest absolute Gasteiger partial charge is 0.468 e. The van der Waals surface area contributed by atoms with E-state index in [1.807, 2.05) is 6.07 Å². The normalized spacial score (nSPS) is 10.3. The molecule has 0 spiro atoms. The van der Waals surface area contributed by atoms with Gasteiger partial charge in [-0.3, -0.25) is 14.9 Å². The Morgan fingerprint density at radius 3 is 2.89 bits per heavy atom. The third kappa shape index (κ3) is 2.25. The lowest BCUT2D eigenvalue weighted by Crippen LogP contribution is -2.15. The molecule has 0 unspecified atom stereocenters. The standard InChI is InChI=1S/C11H10N2O4S/c1-17-9(14)6-12-10-7-4-2-3-5-8(7)18-11(10)13(15)16/h2-5,12H,6H2,1H3. The van der Waals surface area contributed by atoms with Gasteiger partial charge in [0.1, 0.15) is 12.2 Å². The first-order valence-electron chi connectivity index (χ1n) is 5.10. The first kappa shape index (κ1) is 12.3. The summed E-state index contributed by atoms with van der Waals surface area (Å²) in [4.78, 5) is 21.6. The van der Waals surface area contributed by atoms with Crippen LogP contribution in [-0.4, -0.2) is 24.5 Å². The third-order valence-corrected chi connectivity index (χ3v) is 3.50. The van der Waals surface area contributed by atoms with Crippen LogP contribution in [0.25, 0.3) is 10.1 Å². The summed E-state index contributed by atoms with van der Waals surface area (Å²) in [5.41, 5.74) is 0.367. The Kier molecular flexibility index (Phi) is 3.42. The topological polar surface area (TPSA) is 81.5 Å². The molecule has 7 heteroatoms. The van der Waals surface area contributed by atoms with Crippen LogP contribution in [-0.2, 0) is 9.53 Å². The van der Waals surface area contributed by atoms with Gasteiger partial charge in [0.15, 0.2) is 0 Å². The molecular weight excluding hydrogens is 256 g/mol. The van der Waals surface area contributed by atoms with Crippen molar-refractivity contribution in [2.75, 3.05) is 19.0 Å². The molecule has 1 aromatic heterocycles. The zero-order valence-corrected chi connectivity index (χ0v) is 10.3. The summed E-state index contributed by atoms with van der Waals surface area (Å²) in [7, 11) is 1.27. The molecule has 18 heavy (non-hydrogen) atoms. The van der Waals surface area contributed by atoms with Gasteiger partial charge >= 0.3 is 11.0 Å². The fraction of sp³-hybridized carbons (Fsp3) is 0.182. The number of hydrogen-bond acceptors (Lipinski definition) is 6. The van der Waals surface area contributed by atoms with E-state index in [1.54, 1.807) is 18.2 Å². The molecule has 0 saturated heterocycles. The lowest BCUT2D eigenvalue weighted by Gasteiger charge is -2.03. The molecule has 2 rings (SSSR count). The number of benzene rings is 1. The number of nitrogens with zero attached hydrogens (tertiary/aromatic N) is 1. The maximum Gasteiger partial charge on any atom is 0.348 e. The van der Waals surface area contributed by atoms with Crippen molar-refractivity contribution >= 4 is 38.1 Å². The maximum absolute atomic E-state index is 11.1. The third-order valence-electron chi connectivity index (χ3n) is 2.38. The van der Waals surface area contributed by atoms with Crippen molar-refractivity contribution in [1.82, 2.24) is 0 Å². The van der Waals surface area contributed by atoms with Crippen LogP contribution in [0.4, 0.5) is 10.7 Å². The fourth-order valence-electron chi connectivity index (χ4n) is 1.56. The molecule has 0 radical (unpaired) electrons. The van der Waals surface area contributed by atoms with Crippen LogP contribution in [0.2, 0.25) is 0 Å². The van der Waals surface area contributed by atoms with Crippen LogP contribution >= 0.6 is 11.3 Å². The summed E-state index contributed by atoms with van der Waals surface area (Å²) < 4.78 is 5.30. The Labute approximate surface area is 106 Å². The van der Waals surface area contributed by atoms with Crippen LogP contribution in [0.15, 0.2) is 24.3 Å². The summed E-state index contributed by atoms with van der Waals surface area (Å²) in [6.45, 7) is -0.0991. The Balaban J connectivity index is 2.42. The molecule has 0 aliphatic heterocycles. The van der Waals surface area contributed by atoms with E-state index in [9.17, 15) is 14.9 Å². The highest BCUT2D eigenvalue weighted by Crippen LogP contribution is 2.41. The van der Waals surface area contributed by atoms with Crippen molar-refractivity contribution in [2.24, 2.45) is 0 Å². The van der Waals surface area contributed by atoms with Crippen LogP contribution in [0, 0.1) is 10.1 Å². The lowest BCUT2D eigenvalue weighted by atomic mass is 10.2. The van der Waals surface area contributed by atoms with Gasteiger partial charge < -0.3 is 10.1 Å². The van der Waals surface area contributed by atoms with E-state index in [1.165, 1.54) is 7.11 Å². The fourth-order valence-corrected chi connectivity index (χ4v) is 2.56. The number of methoxy groups -OCH3 is 1. The van der Waals surface area contributed by atoms with E-state index < -0.39 is 10.9 Å². The second kappa shape index (κ2) is 5.01. The number of rotatable bonds is 4. The molecule has 0 fully saturated rings. The molecule has 1 heterocycles. The first-order chi connectivity index (χ1) is 8.63. The Hall–Kier alpha value is -2.15. The number of carbonyl (C=O) groups is 1. The highest BCUT2D eigenvalue weighted by atomic mass is 32.1. The van der Waals surface area contributed by atoms with Crippen molar-refractivity contribution in [3.63, 3.8) is 0 Å². The molecule has 0 aliphatic rings. The van der Waals surface area contributed by atoms with Gasteiger partial charge in [-0.05, 0) is 6.07 Å². The smallest absolute Gasteiger partial charge is 0.348 e. The molecule has 2 aromatic rings. The van der Waals surface area contributed by atoms with Gasteiger partial charge in [0.25, 0.3) is 0 Å². The molecule has 0 aliphatic carbocycles. The number of carbonyl (C=O) groups excluding carboxylic acids is 1. The number of hydrogen-bond donors (Lipinski definition) is 1. The summed E-state index contributed by atoms with van der Waals surface area (Å²) in [6.07, 6.45) is 0. The summed E-state index contributed by atoms with van der Waals surface area (Å²) in [6, 6.07) is 7.18. The van der Waals surface area contributed by atoms with E-state index in [0.29, 0.717) is 5.69 Å². The molecule has 1 N–H and O–H groups in total. The second-order valence-electron chi connectivity index (χ2n) is 3.47. The van der Waals surface area contributed by atoms with Gasteiger partial charge in [-0.2, -0.15) is 0 Å². The van der Waals surface area contributed by atoms with Gasteiger partial charge in [-0.25, -0.2) is 0 Å². The van der Waals surface area contributed by atoms with E-state index in [2.05, 4.69) is 10.1 Å². The lowest BCUT2D eigenvalue weighted by molar-refractivity contribution is -0.379. The zero-order chi connectivity index (χ0) is 13.1. The Bertz CT molecular complexity index is 608. The van der Waals surface area contributed by atoms with Crippen molar-refractivity contribution < 1.29 is 14.5 Å². The van der Waals surface area contributed by atoms with Gasteiger partial charge in [-0.15, -0.1) is 0 Å². The van der Waals surface area contributed by atoms with Crippen LogP contribution < -0.4 is 5.32 Å². The highest BCUT2D eigenvalue weighted by Gasteiger charge is 2.21. The Morgan fingerprint density at radius 2 is 2.22 bits per heavy atom. The van der Waals surface area contributed by atoms with Crippen LogP contribution in [0.1, 0.15) is 0 Å². The van der Waals surface area contributed by atoms with E-state index >= 15 is 0 Å². The predicted octanol–water partition coefficient (Wildman–Crippen LogP) is 2.39. The summed E-state index contributed by atoms with van der Waals surface area (Å²) in [5.74, 6) is -0.473. The summed E-state index contributed by atoms with van der Waals surface area (Å²) >= 11 is 1.08. The minimum absolute atomic E-state index is 0.0000954. The van der Waals surface area contributed by atoms with E-state index in [0.717, 1.165) is 21.4 Å². The minimum Gasteiger partial charge on any atom is -0.468 e.